The van der Waals surface area contributed by atoms with Crippen molar-refractivity contribution in [2.45, 2.75) is 20.1 Å². The van der Waals surface area contributed by atoms with Crippen LogP contribution >= 0.6 is 0 Å². The van der Waals surface area contributed by atoms with Crippen LogP contribution in [0.15, 0.2) is 18.6 Å². The van der Waals surface area contributed by atoms with Gasteiger partial charge in [-0.25, -0.2) is 4.98 Å². The molecule has 1 aromatic rings. The van der Waals surface area contributed by atoms with Gasteiger partial charge in [-0.05, 0) is 13.8 Å². The van der Waals surface area contributed by atoms with Gasteiger partial charge in [0.15, 0.2) is 6.29 Å². The Morgan fingerprint density at radius 1 is 1.27 bits per heavy atom. The van der Waals surface area contributed by atoms with Crippen LogP contribution in [-0.2, 0) is 9.47 Å². The predicted octanol–water partition coefficient (Wildman–Crippen LogP) is 1.29. The highest BCUT2D eigenvalue weighted by atomic mass is 16.7. The summed E-state index contributed by atoms with van der Waals surface area (Å²) in [5, 5.41) is 3.09. The molecule has 1 heterocycles. The molecule has 0 saturated heterocycles. The Morgan fingerprint density at radius 2 is 2.00 bits per heavy atom. The van der Waals surface area contributed by atoms with E-state index in [9.17, 15) is 0 Å². The van der Waals surface area contributed by atoms with Crippen molar-refractivity contribution in [1.82, 2.24) is 9.97 Å². The molecular formula is C10H17N3O2. The van der Waals surface area contributed by atoms with Gasteiger partial charge in [0.25, 0.3) is 0 Å². The zero-order chi connectivity index (χ0) is 10.9. The van der Waals surface area contributed by atoms with Crippen molar-refractivity contribution in [2.24, 2.45) is 0 Å². The topological polar surface area (TPSA) is 56.3 Å². The van der Waals surface area contributed by atoms with Gasteiger partial charge in [-0.2, -0.15) is 0 Å². The molecule has 1 rings (SSSR count). The maximum atomic E-state index is 5.37. The summed E-state index contributed by atoms with van der Waals surface area (Å²) in [6, 6.07) is 0. The summed E-state index contributed by atoms with van der Waals surface area (Å²) in [5.74, 6) is 0.724. The Labute approximate surface area is 89.8 Å². The minimum Gasteiger partial charge on any atom is -0.364 e. The van der Waals surface area contributed by atoms with Crippen LogP contribution in [-0.4, -0.2) is 36.0 Å². The first-order valence-electron chi connectivity index (χ1n) is 5.09. The van der Waals surface area contributed by atoms with Crippen LogP contribution in [0.1, 0.15) is 13.8 Å². The number of rotatable bonds is 7. The molecule has 0 spiro atoms. The van der Waals surface area contributed by atoms with Gasteiger partial charge in [-0.1, -0.05) is 0 Å². The molecule has 0 bridgehead atoms. The maximum Gasteiger partial charge on any atom is 0.174 e. The molecule has 0 fully saturated rings. The molecule has 0 atom stereocenters. The molecular weight excluding hydrogens is 194 g/mol. The smallest absolute Gasteiger partial charge is 0.174 e. The number of nitrogens with one attached hydrogen (secondary N) is 1. The summed E-state index contributed by atoms with van der Waals surface area (Å²) in [6.45, 7) is 5.71. The Kier molecular flexibility index (Phi) is 5.65. The number of hydrogen-bond donors (Lipinski definition) is 1. The van der Waals surface area contributed by atoms with E-state index in [1.54, 1.807) is 18.6 Å². The van der Waals surface area contributed by atoms with Crippen LogP contribution < -0.4 is 5.32 Å². The summed E-state index contributed by atoms with van der Waals surface area (Å²) in [5.41, 5.74) is 0. The molecule has 0 unspecified atom stereocenters. The molecule has 0 aliphatic carbocycles. The number of nitrogens with zero attached hydrogens (tertiary/aromatic N) is 2. The number of hydrogen-bond acceptors (Lipinski definition) is 5. The van der Waals surface area contributed by atoms with E-state index >= 15 is 0 Å². The Bertz CT molecular complexity index is 250. The third-order valence-electron chi connectivity index (χ3n) is 1.72. The first-order valence-corrected chi connectivity index (χ1v) is 5.09. The van der Waals surface area contributed by atoms with Crippen molar-refractivity contribution < 1.29 is 9.47 Å². The number of ether oxygens (including phenoxy) is 2. The quantitative estimate of drug-likeness (QED) is 0.689. The maximum absolute atomic E-state index is 5.37. The minimum atomic E-state index is -0.234. The number of aromatic nitrogens is 2. The molecule has 1 aromatic heterocycles. The standard InChI is InChI=1S/C10H17N3O2/c1-3-14-10(15-4-2)8-13-9-7-11-5-6-12-9/h5-7,10H,3-4,8H2,1-2H3,(H,12,13). The van der Waals surface area contributed by atoms with E-state index in [0.29, 0.717) is 19.8 Å². The Morgan fingerprint density at radius 3 is 2.53 bits per heavy atom. The van der Waals surface area contributed by atoms with Gasteiger partial charge in [0.05, 0.1) is 12.7 Å². The summed E-state index contributed by atoms with van der Waals surface area (Å²) in [7, 11) is 0. The van der Waals surface area contributed by atoms with E-state index in [1.165, 1.54) is 0 Å². The highest BCUT2D eigenvalue weighted by Crippen LogP contribution is 2.00. The largest absolute Gasteiger partial charge is 0.364 e. The van der Waals surface area contributed by atoms with Gasteiger partial charge in [-0.3, -0.25) is 4.98 Å². The summed E-state index contributed by atoms with van der Waals surface area (Å²) in [6.07, 6.45) is 4.70. The van der Waals surface area contributed by atoms with E-state index in [0.717, 1.165) is 5.82 Å². The average molecular weight is 211 g/mol. The minimum absolute atomic E-state index is 0.234. The van der Waals surface area contributed by atoms with Crippen LogP contribution in [0.5, 0.6) is 0 Å². The highest BCUT2D eigenvalue weighted by Gasteiger charge is 2.07. The fourth-order valence-corrected chi connectivity index (χ4v) is 1.12. The zero-order valence-corrected chi connectivity index (χ0v) is 9.14. The molecule has 5 heteroatoms. The normalized spacial score (nSPS) is 10.6. The highest BCUT2D eigenvalue weighted by molar-refractivity contribution is 5.29. The molecule has 0 aliphatic heterocycles. The van der Waals surface area contributed by atoms with Gasteiger partial charge >= 0.3 is 0 Å². The third-order valence-corrected chi connectivity index (χ3v) is 1.72. The van der Waals surface area contributed by atoms with Crippen LogP contribution in [0.25, 0.3) is 0 Å². The van der Waals surface area contributed by atoms with E-state index in [-0.39, 0.29) is 6.29 Å². The van der Waals surface area contributed by atoms with Crippen LogP contribution in [0.3, 0.4) is 0 Å². The second-order valence-corrected chi connectivity index (χ2v) is 2.81. The average Bonchev–Trinajstić information content (AvgIpc) is 2.28. The Hall–Kier alpha value is -1.20. The predicted molar refractivity (Wildman–Crippen MR) is 57.6 cm³/mol. The van der Waals surface area contributed by atoms with E-state index in [1.807, 2.05) is 13.8 Å². The first kappa shape index (κ1) is 11.9. The monoisotopic (exact) mass is 211 g/mol. The van der Waals surface area contributed by atoms with Crippen LogP contribution in [0, 0.1) is 0 Å². The first-order chi connectivity index (χ1) is 7.36. The zero-order valence-electron chi connectivity index (χ0n) is 9.14. The van der Waals surface area contributed by atoms with Crippen LogP contribution in [0.4, 0.5) is 5.82 Å². The summed E-state index contributed by atoms with van der Waals surface area (Å²) in [4.78, 5) is 8.03. The lowest BCUT2D eigenvalue weighted by Crippen LogP contribution is -2.26. The Balaban J connectivity index is 2.33. The SMILES string of the molecule is CCOC(CNc1cnccn1)OCC. The molecule has 0 amide bonds. The van der Waals surface area contributed by atoms with Gasteiger partial charge in [0, 0.05) is 25.6 Å². The van der Waals surface area contributed by atoms with E-state index in [2.05, 4.69) is 15.3 Å². The van der Waals surface area contributed by atoms with Crippen molar-refractivity contribution in [3.8, 4) is 0 Å². The number of anilines is 1. The lowest BCUT2D eigenvalue weighted by molar-refractivity contribution is -0.126. The lowest BCUT2D eigenvalue weighted by Gasteiger charge is -2.17. The van der Waals surface area contributed by atoms with Crippen molar-refractivity contribution in [3.63, 3.8) is 0 Å². The fourth-order valence-electron chi connectivity index (χ4n) is 1.12. The van der Waals surface area contributed by atoms with Crippen molar-refractivity contribution in [2.75, 3.05) is 25.1 Å². The lowest BCUT2D eigenvalue weighted by atomic mass is 10.5. The molecule has 5 nitrogen and oxygen atoms in total. The van der Waals surface area contributed by atoms with E-state index < -0.39 is 0 Å². The molecule has 0 saturated carbocycles. The fraction of sp³-hybridized carbons (Fsp3) is 0.600. The van der Waals surface area contributed by atoms with Gasteiger partial charge in [0.1, 0.15) is 5.82 Å². The molecule has 0 aliphatic rings. The van der Waals surface area contributed by atoms with Crippen molar-refractivity contribution in [3.05, 3.63) is 18.6 Å². The van der Waals surface area contributed by atoms with Crippen LogP contribution in [0.2, 0.25) is 0 Å². The summed E-state index contributed by atoms with van der Waals surface area (Å²) >= 11 is 0. The van der Waals surface area contributed by atoms with Gasteiger partial charge < -0.3 is 14.8 Å². The third kappa shape index (κ3) is 4.71. The summed E-state index contributed by atoms with van der Waals surface area (Å²) < 4.78 is 10.7. The molecule has 15 heavy (non-hydrogen) atoms. The van der Waals surface area contributed by atoms with Crippen molar-refractivity contribution in [1.29, 1.82) is 0 Å². The second kappa shape index (κ2) is 7.14. The molecule has 0 aromatic carbocycles. The van der Waals surface area contributed by atoms with Gasteiger partial charge in [-0.15, -0.1) is 0 Å². The molecule has 1 N–H and O–H groups in total. The second-order valence-electron chi connectivity index (χ2n) is 2.81. The molecule has 0 radical (unpaired) electrons. The van der Waals surface area contributed by atoms with Gasteiger partial charge in [0.2, 0.25) is 0 Å². The van der Waals surface area contributed by atoms with Crippen molar-refractivity contribution >= 4 is 5.82 Å². The molecule has 84 valence electrons. The van der Waals surface area contributed by atoms with E-state index in [4.69, 9.17) is 9.47 Å².